The van der Waals surface area contributed by atoms with Crippen molar-refractivity contribution >= 4 is 12.1 Å². The van der Waals surface area contributed by atoms with Gasteiger partial charge in [0.15, 0.2) is 0 Å². The Kier molecular flexibility index (Phi) is 3.72. The molecule has 1 aromatic carbocycles. The molecule has 6 nitrogen and oxygen atoms in total. The monoisotopic (exact) mass is 330 g/mol. The van der Waals surface area contributed by atoms with Crippen molar-refractivity contribution < 1.29 is 19.4 Å². The predicted octanol–water partition coefficient (Wildman–Crippen LogP) is 1.56. The van der Waals surface area contributed by atoms with Gasteiger partial charge in [0.2, 0.25) is 0 Å². The van der Waals surface area contributed by atoms with Crippen LogP contribution in [0.25, 0.3) is 0 Å². The Labute approximate surface area is 141 Å². The lowest BCUT2D eigenvalue weighted by Gasteiger charge is -2.49. The summed E-state index contributed by atoms with van der Waals surface area (Å²) in [5.41, 5.74) is -0.0140. The first-order chi connectivity index (χ1) is 11.6. The van der Waals surface area contributed by atoms with Gasteiger partial charge in [-0.2, -0.15) is 0 Å². The molecule has 0 aromatic heterocycles. The van der Waals surface area contributed by atoms with E-state index in [4.69, 9.17) is 9.84 Å². The van der Waals surface area contributed by atoms with Gasteiger partial charge in [-0.15, -0.1) is 0 Å². The first-order valence-electron chi connectivity index (χ1n) is 8.55. The second-order valence-electron chi connectivity index (χ2n) is 7.17. The van der Waals surface area contributed by atoms with Crippen molar-refractivity contribution in [1.29, 1.82) is 0 Å². The third-order valence-electron chi connectivity index (χ3n) is 5.76. The van der Waals surface area contributed by atoms with E-state index in [1.165, 1.54) is 4.90 Å². The van der Waals surface area contributed by atoms with Crippen LogP contribution in [0.5, 0.6) is 0 Å². The molecule has 4 aliphatic rings. The van der Waals surface area contributed by atoms with Gasteiger partial charge in [-0.1, -0.05) is 30.3 Å². The number of carboxylic acid groups (broad SMARTS) is 1. The predicted molar refractivity (Wildman–Crippen MR) is 86.8 cm³/mol. The highest BCUT2D eigenvalue weighted by molar-refractivity contribution is 5.87. The lowest BCUT2D eigenvalue weighted by atomic mass is 9.73. The third kappa shape index (κ3) is 2.45. The second kappa shape index (κ2) is 5.77. The van der Waals surface area contributed by atoms with Crippen molar-refractivity contribution in [3.05, 3.63) is 35.9 Å². The SMILES string of the molecule is O=C(O)N1CC(C(=O)OC2CN3CCC2CC3)(c2ccccc2)C1. The van der Waals surface area contributed by atoms with E-state index in [-0.39, 0.29) is 25.2 Å². The van der Waals surface area contributed by atoms with Crippen molar-refractivity contribution in [3.63, 3.8) is 0 Å². The summed E-state index contributed by atoms with van der Waals surface area (Å²) in [4.78, 5) is 27.8. The highest BCUT2D eigenvalue weighted by atomic mass is 16.5. The van der Waals surface area contributed by atoms with Crippen LogP contribution in [-0.2, 0) is 14.9 Å². The number of carbonyl (C=O) groups excluding carboxylic acids is 1. The smallest absolute Gasteiger partial charge is 0.407 e. The molecule has 1 N–H and O–H groups in total. The molecule has 1 unspecified atom stereocenters. The van der Waals surface area contributed by atoms with E-state index in [9.17, 15) is 9.59 Å². The highest BCUT2D eigenvalue weighted by Gasteiger charge is 2.55. The zero-order chi connectivity index (χ0) is 16.7. The van der Waals surface area contributed by atoms with Gasteiger partial charge in [-0.05, 0) is 37.4 Å². The Balaban J connectivity index is 1.53. The van der Waals surface area contributed by atoms with Crippen LogP contribution in [0.4, 0.5) is 4.79 Å². The first-order valence-corrected chi connectivity index (χ1v) is 8.55. The Morgan fingerprint density at radius 3 is 2.33 bits per heavy atom. The number of hydrogen-bond donors (Lipinski definition) is 1. The van der Waals surface area contributed by atoms with E-state index in [2.05, 4.69) is 4.90 Å². The molecule has 0 aliphatic carbocycles. The first kappa shape index (κ1) is 15.4. The summed E-state index contributed by atoms with van der Waals surface area (Å²) < 4.78 is 5.91. The van der Waals surface area contributed by atoms with Gasteiger partial charge in [0, 0.05) is 19.6 Å². The fourth-order valence-corrected chi connectivity index (χ4v) is 4.22. The molecular formula is C18H22N2O4. The van der Waals surface area contributed by atoms with Crippen molar-refractivity contribution in [3.8, 4) is 0 Å². The molecule has 0 saturated carbocycles. The van der Waals surface area contributed by atoms with Gasteiger partial charge >= 0.3 is 12.1 Å². The van der Waals surface area contributed by atoms with Crippen LogP contribution in [-0.4, -0.2) is 65.8 Å². The number of hydrogen-bond acceptors (Lipinski definition) is 4. The van der Waals surface area contributed by atoms with Gasteiger partial charge in [-0.3, -0.25) is 9.69 Å². The summed E-state index contributed by atoms with van der Waals surface area (Å²) in [6.07, 6.45) is 1.12. The lowest BCUT2D eigenvalue weighted by Crippen LogP contribution is -2.66. The molecule has 4 fully saturated rings. The van der Waals surface area contributed by atoms with Crippen molar-refractivity contribution in [2.24, 2.45) is 5.92 Å². The van der Waals surface area contributed by atoms with Crippen LogP contribution in [0, 0.1) is 5.92 Å². The van der Waals surface area contributed by atoms with Crippen LogP contribution >= 0.6 is 0 Å². The Morgan fingerprint density at radius 2 is 1.79 bits per heavy atom. The summed E-state index contributed by atoms with van der Waals surface area (Å²) >= 11 is 0. The average Bonchev–Trinajstić information content (AvgIpc) is 2.56. The highest BCUT2D eigenvalue weighted by Crippen LogP contribution is 2.38. The lowest BCUT2D eigenvalue weighted by molar-refractivity contribution is -0.171. The third-order valence-corrected chi connectivity index (χ3v) is 5.76. The average molecular weight is 330 g/mol. The number of fused-ring (bicyclic) bond motifs is 3. The van der Waals surface area contributed by atoms with Gasteiger partial charge < -0.3 is 14.7 Å². The Morgan fingerprint density at radius 1 is 1.12 bits per heavy atom. The van der Waals surface area contributed by atoms with Crippen LogP contribution < -0.4 is 0 Å². The van der Waals surface area contributed by atoms with Gasteiger partial charge in [0.05, 0.1) is 0 Å². The number of rotatable bonds is 3. The summed E-state index contributed by atoms with van der Waals surface area (Å²) in [5.74, 6) is 0.173. The molecule has 128 valence electrons. The number of ether oxygens (including phenoxy) is 1. The van der Waals surface area contributed by atoms with E-state index in [0.29, 0.717) is 5.92 Å². The van der Waals surface area contributed by atoms with E-state index in [1.54, 1.807) is 0 Å². The summed E-state index contributed by atoms with van der Waals surface area (Å²) in [5, 5.41) is 9.17. The number of benzene rings is 1. The van der Waals surface area contributed by atoms with Crippen LogP contribution in [0.15, 0.2) is 30.3 Å². The van der Waals surface area contributed by atoms with E-state index in [0.717, 1.165) is 38.0 Å². The molecule has 6 heteroatoms. The summed E-state index contributed by atoms with van der Waals surface area (Å²) in [6, 6.07) is 9.42. The van der Waals surface area contributed by atoms with E-state index in [1.807, 2.05) is 30.3 Å². The quantitative estimate of drug-likeness (QED) is 0.852. The van der Waals surface area contributed by atoms with Crippen molar-refractivity contribution in [2.75, 3.05) is 32.7 Å². The van der Waals surface area contributed by atoms with Gasteiger partial charge in [0.1, 0.15) is 11.5 Å². The molecule has 1 amide bonds. The zero-order valence-electron chi connectivity index (χ0n) is 13.6. The number of esters is 1. The molecule has 1 aromatic rings. The largest absolute Gasteiger partial charge is 0.465 e. The molecule has 1 atom stereocenters. The maximum atomic E-state index is 13.0. The Bertz CT molecular complexity index is 634. The number of carbonyl (C=O) groups is 2. The number of piperidine rings is 3. The molecule has 2 bridgehead atoms. The second-order valence-corrected chi connectivity index (χ2v) is 7.17. The molecule has 0 spiro atoms. The molecule has 24 heavy (non-hydrogen) atoms. The minimum atomic E-state index is -0.989. The number of likely N-dealkylation sites (tertiary alicyclic amines) is 1. The topological polar surface area (TPSA) is 70.1 Å². The minimum Gasteiger partial charge on any atom is -0.465 e. The van der Waals surface area contributed by atoms with Crippen LogP contribution in [0.3, 0.4) is 0 Å². The molecular weight excluding hydrogens is 308 g/mol. The summed E-state index contributed by atoms with van der Waals surface area (Å²) in [7, 11) is 0. The normalized spacial score (nSPS) is 30.5. The zero-order valence-corrected chi connectivity index (χ0v) is 13.6. The molecule has 4 heterocycles. The fourth-order valence-electron chi connectivity index (χ4n) is 4.22. The number of nitrogens with zero attached hydrogens (tertiary/aromatic N) is 2. The van der Waals surface area contributed by atoms with Crippen molar-refractivity contribution in [2.45, 2.75) is 24.4 Å². The minimum absolute atomic E-state index is 0.0561. The fraction of sp³-hybridized carbons (Fsp3) is 0.556. The molecule has 5 rings (SSSR count). The standard InChI is InChI=1S/C18H22N2O4/c21-16(24-15-10-19-8-6-13(15)7-9-19)18(11-20(12-18)17(22)23)14-4-2-1-3-5-14/h1-5,13,15H,6-12H2,(H,22,23). The maximum absolute atomic E-state index is 13.0. The number of amides is 1. The van der Waals surface area contributed by atoms with Gasteiger partial charge in [-0.25, -0.2) is 4.79 Å². The molecule has 0 radical (unpaired) electrons. The van der Waals surface area contributed by atoms with E-state index >= 15 is 0 Å². The van der Waals surface area contributed by atoms with Gasteiger partial charge in [0.25, 0.3) is 0 Å². The van der Waals surface area contributed by atoms with E-state index < -0.39 is 11.5 Å². The molecule has 4 aliphatic heterocycles. The summed E-state index contributed by atoms with van der Waals surface area (Å²) in [6.45, 7) is 3.34. The Hall–Kier alpha value is -2.08. The van der Waals surface area contributed by atoms with Crippen LogP contribution in [0.2, 0.25) is 0 Å². The molecule has 4 saturated heterocycles. The van der Waals surface area contributed by atoms with Crippen LogP contribution in [0.1, 0.15) is 18.4 Å². The van der Waals surface area contributed by atoms with Crippen molar-refractivity contribution in [1.82, 2.24) is 9.80 Å². The maximum Gasteiger partial charge on any atom is 0.407 e.